The van der Waals surface area contributed by atoms with Gasteiger partial charge in [0, 0.05) is 13.7 Å². The molecular formula is C14H21ClN2O3. The van der Waals surface area contributed by atoms with E-state index in [1.165, 1.54) is 0 Å². The van der Waals surface area contributed by atoms with Crippen molar-refractivity contribution in [3.8, 4) is 5.75 Å². The van der Waals surface area contributed by atoms with E-state index in [9.17, 15) is 4.79 Å². The highest BCUT2D eigenvalue weighted by atomic mass is 35.5. The highest BCUT2D eigenvalue weighted by Crippen LogP contribution is 2.32. The molecule has 1 heterocycles. The van der Waals surface area contributed by atoms with Crippen LogP contribution < -0.4 is 15.4 Å². The summed E-state index contributed by atoms with van der Waals surface area (Å²) in [7, 11) is 1.57. The number of methoxy groups -OCH3 is 1. The van der Waals surface area contributed by atoms with E-state index < -0.39 is 0 Å². The molecule has 1 unspecified atom stereocenters. The second-order valence-electron chi connectivity index (χ2n) is 4.66. The van der Waals surface area contributed by atoms with Gasteiger partial charge >= 0.3 is 0 Å². The van der Waals surface area contributed by atoms with Gasteiger partial charge in [0.15, 0.2) is 0 Å². The molecule has 6 heteroatoms. The Kier molecular flexibility index (Phi) is 6.26. The Morgan fingerprint density at radius 3 is 2.95 bits per heavy atom. The van der Waals surface area contributed by atoms with E-state index in [0.29, 0.717) is 26.1 Å². The van der Waals surface area contributed by atoms with Gasteiger partial charge in [0.1, 0.15) is 12.4 Å². The molecule has 112 valence electrons. The Labute approximate surface area is 125 Å². The Hall–Kier alpha value is -1.30. The smallest absolute Gasteiger partial charge is 0.229 e. The fourth-order valence-electron chi connectivity index (χ4n) is 2.15. The fraction of sp³-hybridized carbons (Fsp3) is 0.500. The summed E-state index contributed by atoms with van der Waals surface area (Å²) in [6, 6.07) is 5.85. The van der Waals surface area contributed by atoms with Crippen LogP contribution >= 0.6 is 12.4 Å². The molecule has 0 fully saturated rings. The number of hydrogen-bond acceptors (Lipinski definition) is 4. The molecule has 2 N–H and O–H groups in total. The van der Waals surface area contributed by atoms with Crippen molar-refractivity contribution < 1.29 is 14.3 Å². The molecule has 0 saturated carbocycles. The monoisotopic (exact) mass is 300 g/mol. The molecule has 0 radical (unpaired) electrons. The first-order valence-corrected chi connectivity index (χ1v) is 6.42. The molecule has 2 rings (SSSR count). The summed E-state index contributed by atoms with van der Waals surface area (Å²) in [6.07, 6.45) is 0.0598. The van der Waals surface area contributed by atoms with E-state index in [0.717, 1.165) is 17.0 Å². The van der Waals surface area contributed by atoms with Crippen LogP contribution in [-0.2, 0) is 9.53 Å². The quantitative estimate of drug-likeness (QED) is 0.915. The Morgan fingerprint density at radius 2 is 2.30 bits per heavy atom. The number of benzene rings is 1. The molecule has 1 aromatic rings. The highest BCUT2D eigenvalue weighted by Gasteiger charge is 2.25. The molecule has 1 atom stereocenters. The standard InChI is InChI=1S/C14H20N2O3.ClH/c1-10-3-4-12-13(7-10)19-6-5-16(12)14(17)8-11(9-15)18-2;/h3-4,7,11H,5-6,8-9,15H2,1-2H3;1H. The summed E-state index contributed by atoms with van der Waals surface area (Å²) in [6.45, 7) is 3.42. The van der Waals surface area contributed by atoms with Crippen LogP contribution in [0.3, 0.4) is 0 Å². The maximum Gasteiger partial charge on any atom is 0.229 e. The van der Waals surface area contributed by atoms with Crippen molar-refractivity contribution in [1.82, 2.24) is 0 Å². The zero-order valence-corrected chi connectivity index (χ0v) is 12.6. The molecule has 20 heavy (non-hydrogen) atoms. The molecule has 0 aromatic heterocycles. The molecular weight excluding hydrogens is 280 g/mol. The first kappa shape index (κ1) is 16.8. The van der Waals surface area contributed by atoms with Crippen molar-refractivity contribution >= 4 is 24.0 Å². The number of amides is 1. The van der Waals surface area contributed by atoms with Crippen LogP contribution in [0.25, 0.3) is 0 Å². The molecule has 5 nitrogen and oxygen atoms in total. The summed E-state index contributed by atoms with van der Waals surface area (Å²) in [5.41, 5.74) is 7.50. The summed E-state index contributed by atoms with van der Waals surface area (Å²) >= 11 is 0. The summed E-state index contributed by atoms with van der Waals surface area (Å²) < 4.78 is 10.8. The number of nitrogens with two attached hydrogens (primary N) is 1. The first-order valence-electron chi connectivity index (χ1n) is 6.42. The van der Waals surface area contributed by atoms with E-state index in [4.69, 9.17) is 15.2 Å². The van der Waals surface area contributed by atoms with Crippen molar-refractivity contribution in [3.05, 3.63) is 23.8 Å². The zero-order chi connectivity index (χ0) is 13.8. The number of carbonyl (C=O) groups excluding carboxylic acids is 1. The molecule has 0 aliphatic carbocycles. The normalized spacial score (nSPS) is 14.8. The Bertz CT molecular complexity index is 464. The Morgan fingerprint density at radius 1 is 1.55 bits per heavy atom. The van der Waals surface area contributed by atoms with Crippen LogP contribution in [-0.4, -0.2) is 38.8 Å². The van der Waals surface area contributed by atoms with Gasteiger partial charge in [-0.05, 0) is 24.6 Å². The molecule has 1 amide bonds. The predicted octanol–water partition coefficient (Wildman–Crippen LogP) is 1.51. The maximum atomic E-state index is 12.3. The number of fused-ring (bicyclic) bond motifs is 1. The molecule has 1 aliphatic heterocycles. The molecule has 1 aromatic carbocycles. The van der Waals surface area contributed by atoms with Gasteiger partial charge in [0.25, 0.3) is 0 Å². The summed E-state index contributed by atoms with van der Waals surface area (Å²) in [5, 5.41) is 0. The number of ether oxygens (including phenoxy) is 2. The Balaban J connectivity index is 0.00000200. The number of rotatable bonds is 4. The average molecular weight is 301 g/mol. The van der Waals surface area contributed by atoms with Gasteiger partial charge in [-0.1, -0.05) is 6.07 Å². The maximum absolute atomic E-state index is 12.3. The number of aryl methyl sites for hydroxylation is 1. The number of carbonyl (C=O) groups is 1. The molecule has 0 bridgehead atoms. The van der Waals surface area contributed by atoms with E-state index in [2.05, 4.69) is 0 Å². The average Bonchev–Trinajstić information content (AvgIpc) is 2.43. The van der Waals surface area contributed by atoms with Crippen LogP contribution in [0.4, 0.5) is 5.69 Å². The van der Waals surface area contributed by atoms with E-state index in [1.54, 1.807) is 12.0 Å². The highest BCUT2D eigenvalue weighted by molar-refractivity contribution is 5.95. The largest absolute Gasteiger partial charge is 0.490 e. The fourth-order valence-corrected chi connectivity index (χ4v) is 2.15. The summed E-state index contributed by atoms with van der Waals surface area (Å²) in [5.74, 6) is 0.784. The van der Waals surface area contributed by atoms with Crippen LogP contribution in [0, 0.1) is 6.92 Å². The molecule has 0 spiro atoms. The SMILES string of the molecule is COC(CN)CC(=O)N1CCOc2cc(C)ccc21.Cl. The third-order valence-electron chi connectivity index (χ3n) is 3.28. The molecule has 1 aliphatic rings. The van der Waals surface area contributed by atoms with Crippen LogP contribution in [0.5, 0.6) is 5.75 Å². The second kappa shape index (κ2) is 7.47. The minimum atomic E-state index is -0.232. The number of hydrogen-bond donors (Lipinski definition) is 1. The lowest BCUT2D eigenvalue weighted by molar-refractivity contribution is -0.121. The van der Waals surface area contributed by atoms with E-state index in [1.807, 2.05) is 25.1 Å². The van der Waals surface area contributed by atoms with Gasteiger partial charge in [0.05, 0.1) is 24.8 Å². The number of nitrogens with zero attached hydrogens (tertiary/aromatic N) is 1. The second-order valence-corrected chi connectivity index (χ2v) is 4.66. The topological polar surface area (TPSA) is 64.8 Å². The first-order chi connectivity index (χ1) is 9.15. The lowest BCUT2D eigenvalue weighted by Gasteiger charge is -2.30. The van der Waals surface area contributed by atoms with Crippen LogP contribution in [0.15, 0.2) is 18.2 Å². The lowest BCUT2D eigenvalue weighted by Crippen LogP contribution is -2.40. The number of anilines is 1. The lowest BCUT2D eigenvalue weighted by atomic mass is 10.1. The van der Waals surface area contributed by atoms with E-state index in [-0.39, 0.29) is 24.4 Å². The van der Waals surface area contributed by atoms with Gasteiger partial charge in [-0.2, -0.15) is 0 Å². The zero-order valence-electron chi connectivity index (χ0n) is 11.8. The van der Waals surface area contributed by atoms with Gasteiger partial charge in [-0.15, -0.1) is 12.4 Å². The minimum absolute atomic E-state index is 0. The van der Waals surface area contributed by atoms with Gasteiger partial charge < -0.3 is 20.1 Å². The van der Waals surface area contributed by atoms with Crippen molar-refractivity contribution in [2.75, 3.05) is 31.7 Å². The predicted molar refractivity (Wildman–Crippen MR) is 80.7 cm³/mol. The minimum Gasteiger partial charge on any atom is -0.490 e. The van der Waals surface area contributed by atoms with Gasteiger partial charge in [-0.25, -0.2) is 0 Å². The van der Waals surface area contributed by atoms with Crippen LogP contribution in [0.1, 0.15) is 12.0 Å². The van der Waals surface area contributed by atoms with Crippen molar-refractivity contribution in [3.63, 3.8) is 0 Å². The number of halogens is 1. The van der Waals surface area contributed by atoms with Crippen molar-refractivity contribution in [2.24, 2.45) is 5.73 Å². The third-order valence-corrected chi connectivity index (χ3v) is 3.28. The van der Waals surface area contributed by atoms with E-state index >= 15 is 0 Å². The van der Waals surface area contributed by atoms with Crippen molar-refractivity contribution in [1.29, 1.82) is 0 Å². The third kappa shape index (κ3) is 3.62. The van der Waals surface area contributed by atoms with Gasteiger partial charge in [-0.3, -0.25) is 4.79 Å². The summed E-state index contributed by atoms with van der Waals surface area (Å²) in [4.78, 5) is 14.1. The van der Waals surface area contributed by atoms with Gasteiger partial charge in [0.2, 0.25) is 5.91 Å². The molecule has 0 saturated heterocycles. The van der Waals surface area contributed by atoms with Crippen molar-refractivity contribution in [2.45, 2.75) is 19.4 Å². The van der Waals surface area contributed by atoms with Crippen LogP contribution in [0.2, 0.25) is 0 Å².